The quantitative estimate of drug-likeness (QED) is 0.224. The first-order chi connectivity index (χ1) is 17.0. The Morgan fingerprint density at radius 1 is 0.972 bits per heavy atom. The molecule has 0 bridgehead atoms. The second-order valence-electron chi connectivity index (χ2n) is 7.73. The molecule has 1 aromatic heterocycles. The van der Waals surface area contributed by atoms with Gasteiger partial charge >= 0.3 is 0 Å². The molecule has 4 aromatic rings. The Balaban J connectivity index is 0.00000361. The van der Waals surface area contributed by atoms with Crippen LogP contribution in [0.15, 0.2) is 79.3 Å². The number of imidazole rings is 1. The zero-order chi connectivity index (χ0) is 24.8. The number of aromatic amines is 1. The lowest BCUT2D eigenvalue weighted by molar-refractivity contribution is -0.114. The van der Waals surface area contributed by atoms with E-state index in [0.717, 1.165) is 16.8 Å². The van der Waals surface area contributed by atoms with E-state index in [9.17, 15) is 15.0 Å². The van der Waals surface area contributed by atoms with Gasteiger partial charge in [0.25, 0.3) is 5.91 Å². The number of phenolic OH excluding ortho intramolecular Hbond substituents is 2. The normalized spacial score (nSPS) is 10.6. The molecule has 3 aromatic carbocycles. The number of halogens is 1. The molecular weight excluding hydrogens is 482 g/mol. The zero-order valence-electron chi connectivity index (χ0n) is 19.7. The number of hydrogen-bond donors (Lipinski definition) is 3. The van der Waals surface area contributed by atoms with Crippen molar-refractivity contribution >= 4 is 30.1 Å². The first-order valence-corrected chi connectivity index (χ1v) is 10.8. The van der Waals surface area contributed by atoms with Crippen molar-refractivity contribution in [2.75, 3.05) is 19.1 Å². The van der Waals surface area contributed by atoms with Crippen LogP contribution in [-0.4, -0.2) is 40.3 Å². The minimum Gasteiger partial charge on any atom is -0.504 e. The Morgan fingerprint density at radius 2 is 1.67 bits per heavy atom. The average molecular weight is 508 g/mol. The van der Waals surface area contributed by atoms with Gasteiger partial charge in [-0.2, -0.15) is 0 Å². The maximum Gasteiger partial charge on any atom is 0.251 e. The highest BCUT2D eigenvalue weighted by atomic mass is 35.5. The first kappa shape index (κ1) is 26.2. The number of H-pyrrole nitrogens is 1. The van der Waals surface area contributed by atoms with Crippen LogP contribution >= 0.6 is 12.4 Å². The summed E-state index contributed by atoms with van der Waals surface area (Å²) < 4.78 is 10.8. The molecule has 0 aliphatic carbocycles. The number of nitrogens with one attached hydrogen (secondary N) is 1. The number of amides is 1. The Morgan fingerprint density at radius 3 is 2.25 bits per heavy atom. The monoisotopic (exact) mass is 507 g/mol. The molecular formula is C27H26ClN3O5. The molecule has 0 aliphatic heterocycles. The van der Waals surface area contributed by atoms with Gasteiger partial charge in [-0.05, 0) is 53.6 Å². The van der Waals surface area contributed by atoms with Gasteiger partial charge in [-0.1, -0.05) is 18.2 Å². The molecule has 0 unspecified atom stereocenters. The summed E-state index contributed by atoms with van der Waals surface area (Å²) in [6, 6.07) is 17.4. The molecule has 0 spiro atoms. The van der Waals surface area contributed by atoms with Crippen LogP contribution in [0.2, 0.25) is 0 Å². The molecule has 8 nitrogen and oxygen atoms in total. The summed E-state index contributed by atoms with van der Waals surface area (Å²) in [6.45, 7) is 0.263. The first-order valence-electron chi connectivity index (χ1n) is 10.8. The lowest BCUT2D eigenvalue weighted by atomic mass is 10.1. The molecule has 0 saturated carbocycles. The SMILES string of the molecule is COc1cc(CN(C(=O)/C=C/c2ccc(O)c(O)c2)c2ccc(-c3c[nH]cn3)cc2)cc(OC)c1.Cl. The molecule has 1 heterocycles. The predicted octanol–water partition coefficient (Wildman–Crippen LogP) is 5.17. The third-order valence-corrected chi connectivity index (χ3v) is 5.41. The molecule has 0 atom stereocenters. The second-order valence-corrected chi connectivity index (χ2v) is 7.73. The van der Waals surface area contributed by atoms with Gasteiger partial charge in [-0.25, -0.2) is 4.98 Å². The lowest BCUT2D eigenvalue weighted by Gasteiger charge is -2.22. The van der Waals surface area contributed by atoms with Gasteiger partial charge in [0.05, 0.1) is 32.8 Å². The maximum absolute atomic E-state index is 13.3. The number of hydrogen-bond acceptors (Lipinski definition) is 6. The van der Waals surface area contributed by atoms with Crippen LogP contribution in [0.3, 0.4) is 0 Å². The third-order valence-electron chi connectivity index (χ3n) is 5.41. The molecule has 1 amide bonds. The summed E-state index contributed by atoms with van der Waals surface area (Å²) >= 11 is 0. The van der Waals surface area contributed by atoms with E-state index in [1.54, 1.807) is 49.9 Å². The Kier molecular flexibility index (Phi) is 8.59. The lowest BCUT2D eigenvalue weighted by Crippen LogP contribution is -2.28. The van der Waals surface area contributed by atoms with Crippen LogP contribution < -0.4 is 14.4 Å². The van der Waals surface area contributed by atoms with E-state index in [0.29, 0.717) is 22.7 Å². The number of nitrogens with zero attached hydrogens (tertiary/aromatic N) is 2. The van der Waals surface area contributed by atoms with Gasteiger partial charge < -0.3 is 29.6 Å². The van der Waals surface area contributed by atoms with E-state index in [4.69, 9.17) is 9.47 Å². The number of aromatic hydroxyl groups is 2. The van der Waals surface area contributed by atoms with Crippen LogP contribution in [0.1, 0.15) is 11.1 Å². The Labute approximate surface area is 214 Å². The molecule has 0 radical (unpaired) electrons. The highest BCUT2D eigenvalue weighted by molar-refractivity contribution is 6.04. The number of aromatic nitrogens is 2. The highest BCUT2D eigenvalue weighted by Gasteiger charge is 2.16. The number of methoxy groups -OCH3 is 2. The van der Waals surface area contributed by atoms with Crippen molar-refractivity contribution in [1.29, 1.82) is 0 Å². The fourth-order valence-electron chi connectivity index (χ4n) is 3.57. The zero-order valence-corrected chi connectivity index (χ0v) is 20.5. The maximum atomic E-state index is 13.3. The van der Waals surface area contributed by atoms with Crippen LogP contribution in [-0.2, 0) is 11.3 Å². The largest absolute Gasteiger partial charge is 0.504 e. The fraction of sp³-hybridized carbons (Fsp3) is 0.111. The van der Waals surface area contributed by atoms with Gasteiger partial charge in [-0.15, -0.1) is 12.4 Å². The number of carbonyl (C=O) groups excluding carboxylic acids is 1. The van der Waals surface area contributed by atoms with E-state index in [1.807, 2.05) is 36.4 Å². The topological polar surface area (TPSA) is 108 Å². The number of benzene rings is 3. The third kappa shape index (κ3) is 6.17. The fourth-order valence-corrected chi connectivity index (χ4v) is 3.57. The summed E-state index contributed by atoms with van der Waals surface area (Å²) in [7, 11) is 3.15. The number of phenols is 2. The van der Waals surface area contributed by atoms with Gasteiger partial charge in [-0.3, -0.25) is 4.79 Å². The highest BCUT2D eigenvalue weighted by Crippen LogP contribution is 2.28. The van der Waals surface area contributed by atoms with Crippen molar-refractivity contribution in [2.24, 2.45) is 0 Å². The van der Waals surface area contributed by atoms with Gasteiger partial charge in [0, 0.05) is 29.6 Å². The van der Waals surface area contributed by atoms with E-state index in [2.05, 4.69) is 9.97 Å². The minimum atomic E-state index is -0.271. The van der Waals surface area contributed by atoms with Crippen molar-refractivity contribution in [1.82, 2.24) is 9.97 Å². The molecule has 186 valence electrons. The van der Waals surface area contributed by atoms with Crippen LogP contribution in [0.5, 0.6) is 23.0 Å². The van der Waals surface area contributed by atoms with Crippen molar-refractivity contribution in [3.8, 4) is 34.3 Å². The molecule has 3 N–H and O–H groups in total. The van der Waals surface area contributed by atoms with Crippen LogP contribution in [0.25, 0.3) is 17.3 Å². The molecule has 4 rings (SSSR count). The number of rotatable bonds is 8. The minimum absolute atomic E-state index is 0. The smallest absolute Gasteiger partial charge is 0.251 e. The van der Waals surface area contributed by atoms with Crippen LogP contribution in [0.4, 0.5) is 5.69 Å². The van der Waals surface area contributed by atoms with Gasteiger partial charge in [0.15, 0.2) is 11.5 Å². The van der Waals surface area contributed by atoms with Gasteiger partial charge in [0.2, 0.25) is 0 Å². The van der Waals surface area contributed by atoms with Crippen molar-refractivity contribution < 1.29 is 24.5 Å². The summed E-state index contributed by atoms with van der Waals surface area (Å²) in [5, 5.41) is 19.3. The van der Waals surface area contributed by atoms with Crippen LogP contribution in [0, 0.1) is 0 Å². The molecule has 0 aliphatic rings. The molecule has 0 saturated heterocycles. The second kappa shape index (κ2) is 11.8. The van der Waals surface area contributed by atoms with Crippen molar-refractivity contribution in [3.63, 3.8) is 0 Å². The summed E-state index contributed by atoms with van der Waals surface area (Å²) in [6.07, 6.45) is 6.42. The molecule has 0 fully saturated rings. The standard InChI is InChI=1S/C27H25N3O5.ClH/c1-34-22-11-19(12-23(14-22)35-2)16-30(21-7-5-20(6-8-21)24-15-28-17-29-24)27(33)10-4-18-3-9-25(31)26(32)13-18;/h3-15,17,31-32H,16H2,1-2H3,(H,28,29);1H/b10-4+;. The van der Waals surface area contributed by atoms with Gasteiger partial charge in [0.1, 0.15) is 11.5 Å². The van der Waals surface area contributed by atoms with Crippen molar-refractivity contribution in [2.45, 2.75) is 6.54 Å². The average Bonchev–Trinajstić information content (AvgIpc) is 3.43. The number of anilines is 1. The Hall–Kier alpha value is -4.43. The molecule has 9 heteroatoms. The summed E-state index contributed by atoms with van der Waals surface area (Å²) in [4.78, 5) is 22.2. The number of carbonyl (C=O) groups is 1. The Bertz CT molecular complexity index is 1320. The summed E-state index contributed by atoms with van der Waals surface area (Å²) in [5.74, 6) is 0.492. The summed E-state index contributed by atoms with van der Waals surface area (Å²) in [5.41, 5.74) is 3.81. The van der Waals surface area contributed by atoms with Crippen molar-refractivity contribution in [3.05, 3.63) is 90.4 Å². The molecule has 36 heavy (non-hydrogen) atoms. The van der Waals surface area contributed by atoms with E-state index >= 15 is 0 Å². The van der Waals surface area contributed by atoms with E-state index in [-0.39, 0.29) is 36.4 Å². The number of ether oxygens (including phenoxy) is 2. The van der Waals surface area contributed by atoms with E-state index < -0.39 is 0 Å². The predicted molar refractivity (Wildman–Crippen MR) is 141 cm³/mol. The van der Waals surface area contributed by atoms with E-state index in [1.165, 1.54) is 18.2 Å².